The molecule has 1 aromatic carbocycles. The summed E-state index contributed by atoms with van der Waals surface area (Å²) < 4.78 is 14.3. The zero-order valence-corrected chi connectivity index (χ0v) is 10.4. The third-order valence-corrected chi connectivity index (χ3v) is 2.95. The number of H-pyrrole nitrogens is 1. The van der Waals surface area contributed by atoms with Gasteiger partial charge in [-0.05, 0) is 18.6 Å². The molecule has 1 N–H and O–H groups in total. The van der Waals surface area contributed by atoms with E-state index < -0.39 is 0 Å². The van der Waals surface area contributed by atoms with Crippen molar-refractivity contribution >= 4 is 12.2 Å². The van der Waals surface area contributed by atoms with Crippen LogP contribution in [0.4, 0.5) is 4.39 Å². The second-order valence-corrected chi connectivity index (χ2v) is 4.18. The summed E-state index contributed by atoms with van der Waals surface area (Å²) in [7, 11) is 0. The summed E-state index contributed by atoms with van der Waals surface area (Å²) in [6.45, 7) is 2.06. The molecular formula is C13H13FN2S. The zero-order valence-electron chi connectivity index (χ0n) is 9.53. The maximum absolute atomic E-state index is 13.8. The number of hydrogen-bond donors (Lipinski definition) is 1. The summed E-state index contributed by atoms with van der Waals surface area (Å²) in [5.74, 6) is -0.248. The summed E-state index contributed by atoms with van der Waals surface area (Å²) in [5.41, 5.74) is 2.20. The first-order valence-electron chi connectivity index (χ1n) is 5.55. The average molecular weight is 248 g/mol. The fourth-order valence-corrected chi connectivity index (χ4v) is 2.07. The number of aromatic amines is 1. The number of halogens is 1. The van der Waals surface area contributed by atoms with Crippen molar-refractivity contribution in [3.63, 3.8) is 0 Å². The number of nitrogens with one attached hydrogen (secondary N) is 1. The highest BCUT2D eigenvalue weighted by Crippen LogP contribution is 2.24. The van der Waals surface area contributed by atoms with Crippen molar-refractivity contribution in [1.82, 2.24) is 9.97 Å². The van der Waals surface area contributed by atoms with Crippen LogP contribution in [0.1, 0.15) is 18.9 Å². The molecule has 2 nitrogen and oxygen atoms in total. The highest BCUT2D eigenvalue weighted by Gasteiger charge is 2.10. The summed E-state index contributed by atoms with van der Waals surface area (Å²) >= 11 is 5.19. The molecule has 0 saturated carbocycles. The Kier molecular flexibility index (Phi) is 3.64. The highest BCUT2D eigenvalue weighted by atomic mass is 32.1. The third-order valence-electron chi connectivity index (χ3n) is 2.59. The fraction of sp³-hybridized carbons (Fsp3) is 0.231. The van der Waals surface area contributed by atoms with E-state index in [0.717, 1.165) is 24.1 Å². The predicted octanol–water partition coefficient (Wildman–Crippen LogP) is 3.90. The number of benzene rings is 1. The zero-order chi connectivity index (χ0) is 12.3. The predicted molar refractivity (Wildman–Crippen MR) is 68.8 cm³/mol. The SMILES string of the molecule is CCCc1c(-c2ccccc2F)[nH]cnc1=S. The number of hydrogen-bond acceptors (Lipinski definition) is 2. The maximum Gasteiger partial charge on any atom is 0.133 e. The van der Waals surface area contributed by atoms with E-state index in [1.54, 1.807) is 12.1 Å². The van der Waals surface area contributed by atoms with Crippen LogP contribution in [0.15, 0.2) is 30.6 Å². The lowest BCUT2D eigenvalue weighted by Crippen LogP contribution is -1.98. The van der Waals surface area contributed by atoms with Gasteiger partial charge in [0.1, 0.15) is 10.5 Å². The van der Waals surface area contributed by atoms with Crippen molar-refractivity contribution in [2.45, 2.75) is 19.8 Å². The molecule has 1 heterocycles. The maximum atomic E-state index is 13.8. The van der Waals surface area contributed by atoms with Crippen LogP contribution in [0.5, 0.6) is 0 Å². The smallest absolute Gasteiger partial charge is 0.133 e. The Hall–Kier alpha value is -1.55. The lowest BCUT2D eigenvalue weighted by atomic mass is 10.0. The molecule has 0 saturated heterocycles. The second-order valence-electron chi connectivity index (χ2n) is 3.79. The molecule has 1 aromatic heterocycles. The molecule has 2 aromatic rings. The van der Waals surface area contributed by atoms with Crippen LogP contribution in [0.2, 0.25) is 0 Å². The minimum atomic E-state index is -0.248. The molecular weight excluding hydrogens is 235 g/mol. The van der Waals surface area contributed by atoms with Gasteiger partial charge in [0.15, 0.2) is 0 Å². The normalized spacial score (nSPS) is 10.5. The van der Waals surface area contributed by atoms with E-state index >= 15 is 0 Å². The van der Waals surface area contributed by atoms with E-state index in [1.165, 1.54) is 12.4 Å². The molecule has 0 amide bonds. The first kappa shape index (κ1) is 11.9. The molecule has 4 heteroatoms. The minimum Gasteiger partial charge on any atom is -0.345 e. The van der Waals surface area contributed by atoms with Gasteiger partial charge in [-0.15, -0.1) is 0 Å². The van der Waals surface area contributed by atoms with Gasteiger partial charge in [0.2, 0.25) is 0 Å². The van der Waals surface area contributed by atoms with E-state index in [0.29, 0.717) is 10.2 Å². The van der Waals surface area contributed by atoms with E-state index in [1.807, 2.05) is 6.07 Å². The summed E-state index contributed by atoms with van der Waals surface area (Å²) in [4.78, 5) is 7.05. The van der Waals surface area contributed by atoms with Crippen LogP contribution in [0, 0.1) is 10.5 Å². The van der Waals surface area contributed by atoms with Gasteiger partial charge in [0.25, 0.3) is 0 Å². The Morgan fingerprint density at radius 3 is 2.82 bits per heavy atom. The van der Waals surface area contributed by atoms with Crippen molar-refractivity contribution in [3.05, 3.63) is 46.6 Å². The van der Waals surface area contributed by atoms with Gasteiger partial charge in [0.05, 0.1) is 12.0 Å². The topological polar surface area (TPSA) is 28.7 Å². The van der Waals surface area contributed by atoms with Gasteiger partial charge in [-0.25, -0.2) is 9.37 Å². The van der Waals surface area contributed by atoms with E-state index in [9.17, 15) is 4.39 Å². The van der Waals surface area contributed by atoms with E-state index in [2.05, 4.69) is 16.9 Å². The van der Waals surface area contributed by atoms with Crippen molar-refractivity contribution in [2.75, 3.05) is 0 Å². The molecule has 0 bridgehead atoms. The van der Waals surface area contributed by atoms with Crippen LogP contribution in [-0.2, 0) is 6.42 Å². The first-order valence-corrected chi connectivity index (χ1v) is 5.96. The van der Waals surface area contributed by atoms with Crippen LogP contribution in [-0.4, -0.2) is 9.97 Å². The first-order chi connectivity index (χ1) is 8.24. The monoisotopic (exact) mass is 248 g/mol. The summed E-state index contributed by atoms with van der Waals surface area (Å²) in [5, 5.41) is 0. The van der Waals surface area contributed by atoms with Crippen LogP contribution >= 0.6 is 12.2 Å². The fourth-order valence-electron chi connectivity index (χ4n) is 1.81. The van der Waals surface area contributed by atoms with Gasteiger partial charge in [0, 0.05) is 11.1 Å². The van der Waals surface area contributed by atoms with E-state index in [4.69, 9.17) is 12.2 Å². The number of rotatable bonds is 3. The quantitative estimate of drug-likeness (QED) is 0.835. The van der Waals surface area contributed by atoms with Gasteiger partial charge in [-0.3, -0.25) is 0 Å². The van der Waals surface area contributed by atoms with E-state index in [-0.39, 0.29) is 5.82 Å². The minimum absolute atomic E-state index is 0.248. The highest BCUT2D eigenvalue weighted by molar-refractivity contribution is 7.71. The number of aromatic nitrogens is 2. The van der Waals surface area contributed by atoms with Crippen LogP contribution in [0.3, 0.4) is 0 Å². The van der Waals surface area contributed by atoms with Crippen molar-refractivity contribution in [3.8, 4) is 11.3 Å². The molecule has 0 radical (unpaired) electrons. The van der Waals surface area contributed by atoms with Crippen molar-refractivity contribution in [1.29, 1.82) is 0 Å². The lowest BCUT2D eigenvalue weighted by Gasteiger charge is -2.09. The molecule has 0 atom stereocenters. The Bertz CT molecular complexity index is 578. The number of nitrogens with zero attached hydrogens (tertiary/aromatic N) is 1. The van der Waals surface area contributed by atoms with Crippen molar-refractivity contribution < 1.29 is 4.39 Å². The molecule has 0 aliphatic rings. The second kappa shape index (κ2) is 5.19. The van der Waals surface area contributed by atoms with Gasteiger partial charge in [-0.2, -0.15) is 0 Å². The van der Waals surface area contributed by atoms with Gasteiger partial charge < -0.3 is 4.98 Å². The van der Waals surface area contributed by atoms with Gasteiger partial charge in [-0.1, -0.05) is 37.7 Å². The molecule has 17 heavy (non-hydrogen) atoms. The Labute approximate surface area is 105 Å². The molecule has 88 valence electrons. The summed E-state index contributed by atoms with van der Waals surface area (Å²) in [6, 6.07) is 6.68. The Balaban J connectivity index is 2.63. The molecule has 0 spiro atoms. The lowest BCUT2D eigenvalue weighted by molar-refractivity contribution is 0.630. The van der Waals surface area contributed by atoms with Crippen LogP contribution in [0.25, 0.3) is 11.3 Å². The van der Waals surface area contributed by atoms with Crippen LogP contribution < -0.4 is 0 Å². The Morgan fingerprint density at radius 2 is 2.12 bits per heavy atom. The summed E-state index contributed by atoms with van der Waals surface area (Å²) in [6.07, 6.45) is 3.26. The molecule has 0 unspecified atom stereocenters. The average Bonchev–Trinajstić information content (AvgIpc) is 2.33. The van der Waals surface area contributed by atoms with Crippen molar-refractivity contribution in [2.24, 2.45) is 0 Å². The standard InChI is InChI=1S/C13H13FN2S/c1-2-5-10-12(15-8-16-13(10)17)9-6-3-4-7-11(9)14/h3-4,6-8H,2,5H2,1H3,(H,15,16,17). The molecule has 0 aliphatic heterocycles. The third kappa shape index (κ3) is 2.42. The largest absolute Gasteiger partial charge is 0.345 e. The Morgan fingerprint density at radius 1 is 1.35 bits per heavy atom. The molecule has 0 fully saturated rings. The molecule has 2 rings (SSSR count). The molecule has 0 aliphatic carbocycles. The van der Waals surface area contributed by atoms with Gasteiger partial charge >= 0.3 is 0 Å².